The van der Waals surface area contributed by atoms with Crippen LogP contribution in [0, 0.1) is 12.8 Å². The maximum absolute atomic E-state index is 13.5. The molecule has 0 aromatic carbocycles. The van der Waals surface area contributed by atoms with E-state index in [1.54, 1.807) is 6.07 Å². The number of thiophene rings is 1. The van der Waals surface area contributed by atoms with Crippen molar-refractivity contribution in [3.63, 3.8) is 0 Å². The quantitative estimate of drug-likeness (QED) is 0.774. The molecule has 0 unspecified atom stereocenters. The third kappa shape index (κ3) is 3.44. The summed E-state index contributed by atoms with van der Waals surface area (Å²) in [7, 11) is 0. The zero-order chi connectivity index (χ0) is 20.1. The van der Waals surface area contributed by atoms with Crippen LogP contribution < -0.4 is 5.56 Å². The number of pyridine rings is 1. The number of likely N-dealkylation sites (tertiary alicyclic amines) is 2. The van der Waals surface area contributed by atoms with E-state index in [2.05, 4.69) is 23.3 Å². The molecule has 5 heterocycles. The number of hydrogen-bond acceptors (Lipinski definition) is 4. The number of nitrogens with zero attached hydrogens (tertiary/aromatic N) is 3. The molecule has 2 bridgehead atoms. The molecule has 5 nitrogen and oxygen atoms in total. The molecule has 0 spiro atoms. The lowest BCUT2D eigenvalue weighted by Gasteiger charge is -2.43. The molecule has 1 amide bonds. The van der Waals surface area contributed by atoms with Crippen molar-refractivity contribution in [1.29, 1.82) is 0 Å². The van der Waals surface area contributed by atoms with Crippen molar-refractivity contribution >= 4 is 17.2 Å². The Morgan fingerprint density at radius 1 is 1.21 bits per heavy atom. The lowest BCUT2D eigenvalue weighted by molar-refractivity contribution is 0.0777. The second-order valence-corrected chi connectivity index (χ2v) is 9.74. The molecule has 2 fully saturated rings. The average Bonchev–Trinajstić information content (AvgIpc) is 3.30. The predicted octanol–water partition coefficient (Wildman–Crippen LogP) is 3.02. The molecule has 0 radical (unpaired) electrons. The largest absolute Gasteiger partial charge is 0.335 e. The number of halogens is 1. The van der Waals surface area contributed by atoms with E-state index < -0.39 is 6.17 Å². The van der Waals surface area contributed by atoms with E-state index in [1.807, 2.05) is 22.0 Å². The Morgan fingerprint density at radius 2 is 2.07 bits per heavy atom. The van der Waals surface area contributed by atoms with Crippen LogP contribution in [0.25, 0.3) is 0 Å². The molecule has 3 aliphatic heterocycles. The molecule has 0 N–H and O–H groups in total. The standard InChI is InChI=1S/C22H26FN3O2S/c1-14-5-7-29-20(14)13-24-9-15-8-16(11-24)19-3-2-18(22(28)26(19)10-15)21(27)25-6-4-17(23)12-25/h2-3,5,7,15-17H,4,6,8-13H2,1H3/t15-,16+,17-/m0/s1. The second kappa shape index (κ2) is 7.36. The van der Waals surface area contributed by atoms with Gasteiger partial charge in [0, 0.05) is 49.2 Å². The highest BCUT2D eigenvalue weighted by Gasteiger charge is 2.36. The minimum Gasteiger partial charge on any atom is -0.335 e. The molecule has 3 aliphatic rings. The van der Waals surface area contributed by atoms with Gasteiger partial charge in [-0.1, -0.05) is 0 Å². The summed E-state index contributed by atoms with van der Waals surface area (Å²) in [6.45, 7) is 6.21. The number of amides is 1. The van der Waals surface area contributed by atoms with Gasteiger partial charge < -0.3 is 9.47 Å². The van der Waals surface area contributed by atoms with Crippen LogP contribution in [0.5, 0.6) is 0 Å². The minimum atomic E-state index is -0.975. The van der Waals surface area contributed by atoms with Gasteiger partial charge in [0.2, 0.25) is 0 Å². The maximum atomic E-state index is 13.5. The van der Waals surface area contributed by atoms with E-state index >= 15 is 0 Å². The zero-order valence-corrected chi connectivity index (χ0v) is 17.5. The number of carbonyl (C=O) groups excluding carboxylic acids is 1. The maximum Gasteiger partial charge on any atom is 0.263 e. The summed E-state index contributed by atoms with van der Waals surface area (Å²) in [6, 6.07) is 5.80. The van der Waals surface area contributed by atoms with E-state index in [0.717, 1.165) is 31.7 Å². The number of aromatic nitrogens is 1. The zero-order valence-electron chi connectivity index (χ0n) is 16.6. The Bertz CT molecular complexity index is 1000. The van der Waals surface area contributed by atoms with Gasteiger partial charge in [0.25, 0.3) is 11.5 Å². The molecule has 154 valence electrons. The number of piperidine rings is 1. The summed E-state index contributed by atoms with van der Waals surface area (Å²) >= 11 is 1.81. The van der Waals surface area contributed by atoms with Crippen molar-refractivity contribution in [2.75, 3.05) is 26.2 Å². The first-order chi connectivity index (χ1) is 14.0. The molecule has 2 aromatic heterocycles. The summed E-state index contributed by atoms with van der Waals surface area (Å²) in [6.07, 6.45) is 0.487. The normalized spacial score (nSPS) is 26.6. The Morgan fingerprint density at radius 3 is 2.79 bits per heavy atom. The van der Waals surface area contributed by atoms with Gasteiger partial charge in [-0.25, -0.2) is 4.39 Å². The number of alkyl halides is 1. The second-order valence-electron chi connectivity index (χ2n) is 8.74. The Kier molecular flexibility index (Phi) is 4.82. The predicted molar refractivity (Wildman–Crippen MR) is 111 cm³/mol. The summed E-state index contributed by atoms with van der Waals surface area (Å²) in [5.41, 5.74) is 2.38. The molecule has 0 aliphatic carbocycles. The molecule has 29 heavy (non-hydrogen) atoms. The van der Waals surface area contributed by atoms with E-state index in [9.17, 15) is 14.0 Å². The van der Waals surface area contributed by atoms with Crippen molar-refractivity contribution in [3.8, 4) is 0 Å². The van der Waals surface area contributed by atoms with Gasteiger partial charge in [0.05, 0.1) is 6.54 Å². The molecular weight excluding hydrogens is 389 g/mol. The lowest BCUT2D eigenvalue weighted by atomic mass is 9.83. The van der Waals surface area contributed by atoms with Crippen LogP contribution >= 0.6 is 11.3 Å². The number of carbonyl (C=O) groups is 1. The monoisotopic (exact) mass is 415 g/mol. The van der Waals surface area contributed by atoms with Crippen LogP contribution in [-0.4, -0.2) is 52.6 Å². The summed E-state index contributed by atoms with van der Waals surface area (Å²) < 4.78 is 15.3. The molecule has 5 rings (SSSR count). The SMILES string of the molecule is Cc1ccsc1CN1C[C@@H]2C[C@H](C1)c1ccc(C(=O)N3CC[C@H](F)C3)c(=O)n1C2. The third-order valence-electron chi connectivity index (χ3n) is 6.66. The highest BCUT2D eigenvalue weighted by atomic mass is 32.1. The molecule has 2 saturated heterocycles. The highest BCUT2D eigenvalue weighted by molar-refractivity contribution is 7.10. The Labute approximate surface area is 173 Å². The van der Waals surface area contributed by atoms with Gasteiger partial charge in [-0.3, -0.25) is 14.5 Å². The highest BCUT2D eigenvalue weighted by Crippen LogP contribution is 2.36. The molecular formula is C22H26FN3O2S. The van der Waals surface area contributed by atoms with Gasteiger partial charge in [-0.15, -0.1) is 11.3 Å². The van der Waals surface area contributed by atoms with Crippen molar-refractivity contribution in [3.05, 3.63) is 55.6 Å². The van der Waals surface area contributed by atoms with E-state index in [-0.39, 0.29) is 23.6 Å². The van der Waals surface area contributed by atoms with Crippen LogP contribution in [0.1, 0.15) is 45.3 Å². The summed E-state index contributed by atoms with van der Waals surface area (Å²) in [5, 5.41) is 2.15. The van der Waals surface area contributed by atoms with Crippen molar-refractivity contribution in [2.45, 2.75) is 44.9 Å². The van der Waals surface area contributed by atoms with Crippen molar-refractivity contribution < 1.29 is 9.18 Å². The third-order valence-corrected chi connectivity index (χ3v) is 7.67. The molecule has 0 saturated carbocycles. The number of aryl methyl sites for hydroxylation is 1. The number of fused-ring (bicyclic) bond motifs is 4. The van der Waals surface area contributed by atoms with E-state index in [4.69, 9.17) is 0 Å². The fourth-order valence-electron chi connectivity index (χ4n) is 5.18. The van der Waals surface area contributed by atoms with E-state index in [0.29, 0.717) is 31.3 Å². The van der Waals surface area contributed by atoms with Gasteiger partial charge >= 0.3 is 0 Å². The Balaban J connectivity index is 1.39. The van der Waals surface area contributed by atoms with E-state index in [1.165, 1.54) is 15.3 Å². The van der Waals surface area contributed by atoms with Gasteiger partial charge in [0.15, 0.2) is 0 Å². The van der Waals surface area contributed by atoms with Crippen LogP contribution in [0.2, 0.25) is 0 Å². The van der Waals surface area contributed by atoms with Crippen molar-refractivity contribution in [1.82, 2.24) is 14.4 Å². The van der Waals surface area contributed by atoms with Crippen LogP contribution in [0.15, 0.2) is 28.4 Å². The summed E-state index contributed by atoms with van der Waals surface area (Å²) in [4.78, 5) is 31.3. The molecule has 7 heteroatoms. The fourth-order valence-corrected chi connectivity index (χ4v) is 6.13. The smallest absolute Gasteiger partial charge is 0.263 e. The van der Waals surface area contributed by atoms with Gasteiger partial charge in [-0.05, 0) is 54.8 Å². The first-order valence-electron chi connectivity index (χ1n) is 10.4. The first-order valence-corrected chi connectivity index (χ1v) is 11.3. The minimum absolute atomic E-state index is 0.0996. The van der Waals surface area contributed by atoms with Crippen molar-refractivity contribution in [2.24, 2.45) is 5.92 Å². The van der Waals surface area contributed by atoms with Crippen LogP contribution in [-0.2, 0) is 13.1 Å². The fraction of sp³-hybridized carbons (Fsp3) is 0.545. The summed E-state index contributed by atoms with van der Waals surface area (Å²) in [5.74, 6) is 0.421. The van der Waals surface area contributed by atoms with Crippen LogP contribution in [0.3, 0.4) is 0 Å². The first kappa shape index (κ1) is 19.0. The lowest BCUT2D eigenvalue weighted by Crippen LogP contribution is -2.47. The Hall–Kier alpha value is -1.99. The topological polar surface area (TPSA) is 45.6 Å². The number of hydrogen-bond donors (Lipinski definition) is 0. The van der Waals surface area contributed by atoms with Crippen LogP contribution in [0.4, 0.5) is 4.39 Å². The number of rotatable bonds is 3. The molecule has 3 atom stereocenters. The molecule has 2 aromatic rings. The van der Waals surface area contributed by atoms with Gasteiger partial charge in [0.1, 0.15) is 11.7 Å². The van der Waals surface area contributed by atoms with Gasteiger partial charge in [-0.2, -0.15) is 0 Å². The average molecular weight is 416 g/mol.